The number of phenolic OH excluding ortho intramolecular Hbond substituents is 2. The molecule has 2 aliphatic heterocycles. The fourth-order valence-electron chi connectivity index (χ4n) is 6.97. The molecule has 252 valence electrons. The van der Waals surface area contributed by atoms with Crippen molar-refractivity contribution in [3.63, 3.8) is 0 Å². The van der Waals surface area contributed by atoms with Crippen LogP contribution in [0.4, 0.5) is 0 Å². The maximum atomic E-state index is 13.9. The minimum absolute atomic E-state index is 0.0511. The lowest BCUT2D eigenvalue weighted by atomic mass is 9.71. The molecule has 0 aromatic heterocycles. The number of allylic oxidation sites excluding steroid dienone is 4. The maximum absolute atomic E-state index is 13.9. The molecule has 7 atom stereocenters. The van der Waals surface area contributed by atoms with Crippen LogP contribution < -0.4 is 0 Å². The van der Waals surface area contributed by atoms with Gasteiger partial charge >= 0.3 is 0 Å². The van der Waals surface area contributed by atoms with Crippen molar-refractivity contribution in [2.24, 2.45) is 0 Å². The Balaban J connectivity index is 1.60. The Morgan fingerprint density at radius 3 is 2.46 bits per heavy atom. The van der Waals surface area contributed by atoms with E-state index in [9.17, 15) is 39.9 Å². The highest BCUT2D eigenvalue weighted by atomic mass is 16.7. The Morgan fingerprint density at radius 1 is 1.13 bits per heavy atom. The summed E-state index contributed by atoms with van der Waals surface area (Å²) in [6, 6.07) is -0.468. The summed E-state index contributed by atoms with van der Waals surface area (Å²) in [4.78, 5) is 42.4. The molecule has 14 nitrogen and oxygen atoms in total. The summed E-state index contributed by atoms with van der Waals surface area (Å²) in [5.41, 5.74) is -3.62. The van der Waals surface area contributed by atoms with Crippen molar-refractivity contribution in [1.29, 1.82) is 0 Å². The lowest BCUT2D eigenvalue weighted by Crippen LogP contribution is -2.59. The van der Waals surface area contributed by atoms with Crippen LogP contribution >= 0.6 is 0 Å². The predicted molar refractivity (Wildman–Crippen MR) is 158 cm³/mol. The average Bonchev–Trinajstić information content (AvgIpc) is 3.04. The zero-order valence-corrected chi connectivity index (χ0v) is 26.4. The molecule has 1 aromatic rings. The molecule has 0 bridgehead atoms. The molecule has 0 amide bonds. The number of rotatable bonds is 7. The van der Waals surface area contributed by atoms with Crippen LogP contribution in [0.5, 0.6) is 11.5 Å². The van der Waals surface area contributed by atoms with E-state index >= 15 is 0 Å². The van der Waals surface area contributed by atoms with Crippen LogP contribution in [0.25, 0.3) is 0 Å². The Hall–Kier alpha value is -3.21. The van der Waals surface area contributed by atoms with Gasteiger partial charge in [-0.15, -0.1) is 0 Å². The largest absolute Gasteiger partial charge is 0.507 e. The Labute approximate surface area is 265 Å². The quantitative estimate of drug-likeness (QED) is 0.158. The highest BCUT2D eigenvalue weighted by Gasteiger charge is 2.51. The van der Waals surface area contributed by atoms with E-state index < -0.39 is 102 Å². The van der Waals surface area contributed by atoms with Gasteiger partial charge in [0.25, 0.3) is 0 Å². The summed E-state index contributed by atoms with van der Waals surface area (Å²) in [6.07, 6.45) is -4.07. The normalized spacial score (nSPS) is 33.9. The van der Waals surface area contributed by atoms with Gasteiger partial charge in [-0.2, -0.15) is 0 Å². The van der Waals surface area contributed by atoms with Gasteiger partial charge in [0.05, 0.1) is 48.7 Å². The third kappa shape index (κ3) is 5.66. The number of ether oxygens (including phenoxy) is 5. The lowest BCUT2D eigenvalue weighted by molar-refractivity contribution is -0.266. The van der Waals surface area contributed by atoms with Gasteiger partial charge in [-0.05, 0) is 20.8 Å². The van der Waals surface area contributed by atoms with Crippen molar-refractivity contribution < 1.29 is 63.6 Å². The second-order valence-corrected chi connectivity index (χ2v) is 12.0. The molecule has 0 spiro atoms. The summed E-state index contributed by atoms with van der Waals surface area (Å²) in [5.74, 6) is -3.73. The molecule has 2 saturated heterocycles. The van der Waals surface area contributed by atoms with Gasteiger partial charge in [0.15, 0.2) is 24.1 Å². The van der Waals surface area contributed by atoms with Crippen LogP contribution in [0.15, 0.2) is 23.0 Å². The molecule has 0 saturated carbocycles. The number of morpholine rings is 1. The SMILES string of the molecule is C/C=C1/C(=O)c2c(O)c3c(c(O)c2C(=O)/C1=C(/C)OC)[C@@H](O[C@H]1CC(N2CCO[C@@H](OC)C2)[C@H](O)[C@H](C)O1)C[C@](O)(C(=O)CO)C3. The summed E-state index contributed by atoms with van der Waals surface area (Å²) in [5, 5.41) is 55.5. The van der Waals surface area contributed by atoms with E-state index in [-0.39, 0.29) is 34.5 Å². The summed E-state index contributed by atoms with van der Waals surface area (Å²) >= 11 is 0. The van der Waals surface area contributed by atoms with Crippen LogP contribution in [0.1, 0.15) is 71.6 Å². The fraction of sp³-hybridized carbons (Fsp3) is 0.594. The Bertz CT molecular complexity index is 1480. The number of Topliss-reactive ketones (excluding diaryl/α,β-unsaturated/α-hetero) is 3. The van der Waals surface area contributed by atoms with E-state index in [0.29, 0.717) is 19.7 Å². The first-order chi connectivity index (χ1) is 21.8. The number of methoxy groups -OCH3 is 2. The van der Waals surface area contributed by atoms with Crippen molar-refractivity contribution in [2.75, 3.05) is 40.5 Å². The third-order valence-electron chi connectivity index (χ3n) is 9.50. The molecule has 0 radical (unpaired) electrons. The molecule has 46 heavy (non-hydrogen) atoms. The number of aromatic hydroxyl groups is 2. The Kier molecular flexibility index (Phi) is 9.74. The Morgan fingerprint density at radius 2 is 1.83 bits per heavy atom. The number of aliphatic hydroxyl groups excluding tert-OH is 2. The topological polar surface area (TPSA) is 202 Å². The van der Waals surface area contributed by atoms with Gasteiger partial charge in [-0.25, -0.2) is 0 Å². The molecule has 5 rings (SSSR count). The van der Waals surface area contributed by atoms with Gasteiger partial charge in [-0.1, -0.05) is 6.08 Å². The van der Waals surface area contributed by atoms with Crippen LogP contribution in [-0.4, -0.2) is 125 Å². The molecule has 1 unspecified atom stereocenters. The zero-order valence-electron chi connectivity index (χ0n) is 26.4. The number of phenols is 2. The summed E-state index contributed by atoms with van der Waals surface area (Å²) in [7, 11) is 2.85. The van der Waals surface area contributed by atoms with E-state index in [0.717, 1.165) is 0 Å². The number of benzene rings is 1. The number of carbonyl (C=O) groups excluding carboxylic acids is 3. The highest BCUT2D eigenvalue weighted by molar-refractivity contribution is 6.33. The van der Waals surface area contributed by atoms with Gasteiger partial charge in [0.2, 0.25) is 5.78 Å². The number of fused-ring (bicyclic) bond motifs is 2. The standard InChI is InChI=1S/C32H41NO13/c1-6-16-23(14(2)42-4)30(39)26-25(28(16)37)29(38)17-10-32(41,20(35)13-34)11-19(24(17)31(26)40)46-21-9-18(27(36)15(3)45-21)33-7-8-44-22(12-33)43-5/h6,15,18-19,21-22,27,34,36,38,40-41H,7-13H2,1-5H3/b16-6+,23-14-/t15-,18?,19-,21-,22+,27+,32-/m0/s1. The lowest BCUT2D eigenvalue weighted by Gasteiger charge is -2.47. The minimum Gasteiger partial charge on any atom is -0.507 e. The van der Waals surface area contributed by atoms with Gasteiger partial charge in [0.1, 0.15) is 29.5 Å². The monoisotopic (exact) mass is 647 g/mol. The molecule has 2 aliphatic carbocycles. The number of hydrogen-bond donors (Lipinski definition) is 5. The van der Waals surface area contributed by atoms with Crippen LogP contribution in [0, 0.1) is 0 Å². The van der Waals surface area contributed by atoms with E-state index in [1.54, 1.807) is 6.92 Å². The molecule has 5 N–H and O–H groups in total. The fourth-order valence-corrected chi connectivity index (χ4v) is 6.97. The van der Waals surface area contributed by atoms with Gasteiger partial charge < -0.3 is 49.2 Å². The zero-order chi connectivity index (χ0) is 33.7. The number of nitrogens with zero attached hydrogens (tertiary/aromatic N) is 1. The molecular weight excluding hydrogens is 606 g/mol. The van der Waals surface area contributed by atoms with E-state index in [2.05, 4.69) is 0 Å². The van der Waals surface area contributed by atoms with Crippen molar-refractivity contribution in [3.05, 3.63) is 45.2 Å². The molecule has 1 aromatic carbocycles. The molecular formula is C32H41NO13. The number of carbonyl (C=O) groups is 3. The first-order valence-electron chi connectivity index (χ1n) is 15.2. The highest BCUT2D eigenvalue weighted by Crippen LogP contribution is 2.52. The van der Waals surface area contributed by atoms with Crippen molar-refractivity contribution >= 4 is 17.3 Å². The summed E-state index contributed by atoms with van der Waals surface area (Å²) < 4.78 is 28.5. The minimum atomic E-state index is -2.26. The van der Waals surface area contributed by atoms with Crippen LogP contribution in [-0.2, 0) is 34.9 Å². The van der Waals surface area contributed by atoms with E-state index in [1.165, 1.54) is 34.1 Å². The number of hydrogen-bond acceptors (Lipinski definition) is 14. The molecule has 2 heterocycles. The smallest absolute Gasteiger partial charge is 0.201 e. The summed E-state index contributed by atoms with van der Waals surface area (Å²) in [6.45, 7) is 4.91. The number of aliphatic hydroxyl groups is 3. The first kappa shape index (κ1) is 34.1. The van der Waals surface area contributed by atoms with Gasteiger partial charge in [-0.3, -0.25) is 19.3 Å². The van der Waals surface area contributed by atoms with Crippen molar-refractivity contribution in [1.82, 2.24) is 4.90 Å². The van der Waals surface area contributed by atoms with E-state index in [4.69, 9.17) is 23.7 Å². The van der Waals surface area contributed by atoms with Crippen molar-refractivity contribution in [2.45, 2.75) is 82.6 Å². The number of ketones is 3. The van der Waals surface area contributed by atoms with Crippen LogP contribution in [0.3, 0.4) is 0 Å². The molecule has 14 heteroatoms. The second kappa shape index (κ2) is 13.1. The second-order valence-electron chi connectivity index (χ2n) is 12.0. The first-order valence-corrected chi connectivity index (χ1v) is 15.2. The molecule has 4 aliphatic rings. The van der Waals surface area contributed by atoms with E-state index in [1.807, 2.05) is 4.90 Å². The maximum Gasteiger partial charge on any atom is 0.201 e. The van der Waals surface area contributed by atoms with Crippen molar-refractivity contribution in [3.8, 4) is 11.5 Å². The van der Waals surface area contributed by atoms with Crippen LogP contribution in [0.2, 0.25) is 0 Å². The predicted octanol–water partition coefficient (Wildman–Crippen LogP) is 0.809. The average molecular weight is 648 g/mol. The molecule has 2 fully saturated rings. The van der Waals surface area contributed by atoms with Gasteiger partial charge in [0, 0.05) is 62.2 Å². The third-order valence-corrected chi connectivity index (χ3v) is 9.50.